The van der Waals surface area contributed by atoms with Gasteiger partial charge in [0.2, 0.25) is 0 Å². The number of carboxylic acid groups (broad SMARTS) is 1. The minimum Gasteiger partial charge on any atom is -0.481 e. The Morgan fingerprint density at radius 2 is 2.42 bits per heavy atom. The Bertz CT molecular complexity index is 174. The SMILES string of the molecule is CNC1NCC(O)C1CC(=O)O. The Morgan fingerprint density at radius 3 is 2.92 bits per heavy atom. The van der Waals surface area contributed by atoms with E-state index in [1.807, 2.05) is 0 Å². The number of carbonyl (C=O) groups is 1. The summed E-state index contributed by atoms with van der Waals surface area (Å²) in [7, 11) is 1.74. The molecule has 0 aliphatic carbocycles. The van der Waals surface area contributed by atoms with Gasteiger partial charge in [0, 0.05) is 12.5 Å². The Morgan fingerprint density at radius 1 is 1.75 bits per heavy atom. The van der Waals surface area contributed by atoms with Crippen molar-refractivity contribution < 1.29 is 15.0 Å². The van der Waals surface area contributed by atoms with Crippen LogP contribution in [0.5, 0.6) is 0 Å². The van der Waals surface area contributed by atoms with Crippen LogP contribution in [0, 0.1) is 5.92 Å². The van der Waals surface area contributed by atoms with Crippen LogP contribution >= 0.6 is 0 Å². The monoisotopic (exact) mass is 174 g/mol. The highest BCUT2D eigenvalue weighted by Crippen LogP contribution is 2.17. The first kappa shape index (κ1) is 9.44. The maximum absolute atomic E-state index is 10.4. The number of rotatable bonds is 3. The highest BCUT2D eigenvalue weighted by Gasteiger charge is 2.34. The molecule has 1 rings (SSSR count). The Hall–Kier alpha value is -0.650. The number of aliphatic carboxylic acids is 1. The number of carboxylic acids is 1. The molecule has 12 heavy (non-hydrogen) atoms. The number of aliphatic hydroxyl groups is 1. The van der Waals surface area contributed by atoms with Gasteiger partial charge in [0.05, 0.1) is 18.7 Å². The van der Waals surface area contributed by atoms with Crippen LogP contribution in [0.2, 0.25) is 0 Å². The second-order valence-corrected chi connectivity index (χ2v) is 3.00. The van der Waals surface area contributed by atoms with Gasteiger partial charge in [-0.05, 0) is 7.05 Å². The molecule has 0 spiro atoms. The summed E-state index contributed by atoms with van der Waals surface area (Å²) >= 11 is 0. The fourth-order valence-electron chi connectivity index (χ4n) is 1.54. The van der Waals surface area contributed by atoms with E-state index in [2.05, 4.69) is 10.6 Å². The highest BCUT2D eigenvalue weighted by atomic mass is 16.4. The molecule has 0 aromatic heterocycles. The van der Waals surface area contributed by atoms with Crippen LogP contribution in [0.15, 0.2) is 0 Å². The summed E-state index contributed by atoms with van der Waals surface area (Å²) in [5, 5.41) is 23.8. The first-order valence-electron chi connectivity index (χ1n) is 3.95. The first-order valence-corrected chi connectivity index (χ1v) is 3.95. The van der Waals surface area contributed by atoms with E-state index in [0.29, 0.717) is 6.54 Å². The van der Waals surface area contributed by atoms with Crippen LogP contribution < -0.4 is 10.6 Å². The van der Waals surface area contributed by atoms with Crippen LogP contribution in [0.4, 0.5) is 0 Å². The molecule has 4 N–H and O–H groups in total. The zero-order chi connectivity index (χ0) is 9.14. The molecule has 1 aliphatic heterocycles. The molecule has 0 amide bonds. The van der Waals surface area contributed by atoms with Crippen molar-refractivity contribution in [2.45, 2.75) is 18.7 Å². The van der Waals surface area contributed by atoms with Crippen molar-refractivity contribution in [3.8, 4) is 0 Å². The van der Waals surface area contributed by atoms with Crippen molar-refractivity contribution in [2.75, 3.05) is 13.6 Å². The number of hydrogen-bond acceptors (Lipinski definition) is 4. The van der Waals surface area contributed by atoms with Gasteiger partial charge in [-0.2, -0.15) is 0 Å². The number of β-amino-alcohol motifs (C(OH)–C–C–N with tert-alkyl or cyclic N) is 1. The third-order valence-electron chi connectivity index (χ3n) is 2.19. The molecule has 0 aromatic rings. The molecule has 1 aliphatic rings. The summed E-state index contributed by atoms with van der Waals surface area (Å²) in [5.74, 6) is -1.10. The zero-order valence-electron chi connectivity index (χ0n) is 6.95. The average Bonchev–Trinajstić information content (AvgIpc) is 2.32. The first-order chi connectivity index (χ1) is 5.65. The van der Waals surface area contributed by atoms with Crippen molar-refractivity contribution in [1.82, 2.24) is 10.6 Å². The molecule has 1 fully saturated rings. The quantitative estimate of drug-likeness (QED) is 0.422. The molecule has 1 saturated heterocycles. The van der Waals surface area contributed by atoms with Crippen molar-refractivity contribution in [1.29, 1.82) is 0 Å². The van der Waals surface area contributed by atoms with E-state index in [-0.39, 0.29) is 18.5 Å². The maximum Gasteiger partial charge on any atom is 0.303 e. The molecule has 5 nitrogen and oxygen atoms in total. The molecule has 0 bridgehead atoms. The number of nitrogens with one attached hydrogen (secondary N) is 2. The fraction of sp³-hybridized carbons (Fsp3) is 0.857. The predicted molar refractivity (Wildman–Crippen MR) is 42.6 cm³/mol. The van der Waals surface area contributed by atoms with E-state index >= 15 is 0 Å². The van der Waals surface area contributed by atoms with Crippen LogP contribution in [-0.2, 0) is 4.79 Å². The summed E-state index contributed by atoms with van der Waals surface area (Å²) in [5.41, 5.74) is 0. The summed E-state index contributed by atoms with van der Waals surface area (Å²) < 4.78 is 0. The molecule has 3 atom stereocenters. The summed E-state index contributed by atoms with van der Waals surface area (Å²) in [4.78, 5) is 10.4. The average molecular weight is 174 g/mol. The third-order valence-corrected chi connectivity index (χ3v) is 2.19. The lowest BCUT2D eigenvalue weighted by Gasteiger charge is -2.18. The molecular weight excluding hydrogens is 160 g/mol. The van der Waals surface area contributed by atoms with Gasteiger partial charge >= 0.3 is 5.97 Å². The summed E-state index contributed by atoms with van der Waals surface area (Å²) in [6.07, 6.45) is -0.644. The Balaban J connectivity index is 2.51. The number of aliphatic hydroxyl groups excluding tert-OH is 1. The maximum atomic E-state index is 10.4. The van der Waals surface area contributed by atoms with E-state index in [0.717, 1.165) is 0 Å². The largest absolute Gasteiger partial charge is 0.481 e. The predicted octanol–water partition coefficient (Wildman–Crippen LogP) is -1.41. The zero-order valence-corrected chi connectivity index (χ0v) is 6.95. The molecule has 0 saturated carbocycles. The lowest BCUT2D eigenvalue weighted by Crippen LogP contribution is -2.40. The van der Waals surface area contributed by atoms with Crippen molar-refractivity contribution in [2.24, 2.45) is 5.92 Å². The standard InChI is InChI=1S/C7H14N2O3/c1-8-7-4(2-6(11)12)5(10)3-9-7/h4-5,7-10H,2-3H2,1H3,(H,11,12). The fourth-order valence-corrected chi connectivity index (χ4v) is 1.54. The van der Waals surface area contributed by atoms with Crippen LogP contribution in [0.25, 0.3) is 0 Å². The normalized spacial score (nSPS) is 35.3. The van der Waals surface area contributed by atoms with Gasteiger partial charge in [0.1, 0.15) is 0 Å². The van der Waals surface area contributed by atoms with E-state index in [4.69, 9.17) is 5.11 Å². The van der Waals surface area contributed by atoms with Gasteiger partial charge in [0.15, 0.2) is 0 Å². The second kappa shape index (κ2) is 3.84. The second-order valence-electron chi connectivity index (χ2n) is 3.00. The minimum absolute atomic E-state index is 0.000324. The lowest BCUT2D eigenvalue weighted by atomic mass is 9.99. The van der Waals surface area contributed by atoms with Crippen molar-refractivity contribution in [3.63, 3.8) is 0 Å². The smallest absolute Gasteiger partial charge is 0.303 e. The van der Waals surface area contributed by atoms with Gasteiger partial charge in [-0.25, -0.2) is 0 Å². The van der Waals surface area contributed by atoms with Gasteiger partial charge in [-0.15, -0.1) is 0 Å². The molecule has 1 heterocycles. The Kier molecular flexibility index (Phi) is 3.02. The Labute approximate surface area is 70.8 Å². The van der Waals surface area contributed by atoms with Crippen molar-refractivity contribution in [3.05, 3.63) is 0 Å². The molecular formula is C7H14N2O3. The molecule has 3 unspecified atom stereocenters. The molecule has 70 valence electrons. The summed E-state index contributed by atoms with van der Waals surface area (Å²) in [6.45, 7) is 0.462. The van der Waals surface area contributed by atoms with Gasteiger partial charge in [-0.1, -0.05) is 0 Å². The minimum atomic E-state index is -0.872. The van der Waals surface area contributed by atoms with Crippen molar-refractivity contribution >= 4 is 5.97 Å². The van der Waals surface area contributed by atoms with Gasteiger partial charge in [-0.3, -0.25) is 10.1 Å². The number of hydrogen-bond donors (Lipinski definition) is 4. The summed E-state index contributed by atoms with van der Waals surface area (Å²) in [6, 6.07) is 0. The van der Waals surface area contributed by atoms with Crippen LogP contribution in [-0.4, -0.2) is 42.0 Å². The van der Waals surface area contributed by atoms with Gasteiger partial charge in [0.25, 0.3) is 0 Å². The molecule has 0 radical (unpaired) electrons. The third kappa shape index (κ3) is 1.94. The van der Waals surface area contributed by atoms with E-state index in [9.17, 15) is 9.90 Å². The van der Waals surface area contributed by atoms with E-state index in [1.165, 1.54) is 0 Å². The topological polar surface area (TPSA) is 81.6 Å². The van der Waals surface area contributed by atoms with E-state index < -0.39 is 12.1 Å². The molecule has 5 heteroatoms. The van der Waals surface area contributed by atoms with Gasteiger partial charge < -0.3 is 15.5 Å². The lowest BCUT2D eigenvalue weighted by molar-refractivity contribution is -0.139. The van der Waals surface area contributed by atoms with Crippen LogP contribution in [0.1, 0.15) is 6.42 Å². The van der Waals surface area contributed by atoms with Crippen LogP contribution in [0.3, 0.4) is 0 Å². The van der Waals surface area contributed by atoms with E-state index in [1.54, 1.807) is 7.05 Å². The highest BCUT2D eigenvalue weighted by molar-refractivity contribution is 5.67. The molecule has 0 aromatic carbocycles.